The minimum Gasteiger partial charge on any atom is -0.369 e. The van der Waals surface area contributed by atoms with E-state index in [1.165, 1.54) is 0 Å². The summed E-state index contributed by atoms with van der Waals surface area (Å²) in [6, 6.07) is 7.70. The maximum Gasteiger partial charge on any atom is 0.229 e. The average Bonchev–Trinajstić information content (AvgIpc) is 3.24. The van der Waals surface area contributed by atoms with Gasteiger partial charge < -0.3 is 26.3 Å². The Bertz CT molecular complexity index is 943. The predicted octanol–water partition coefficient (Wildman–Crippen LogP) is 3.83. The van der Waals surface area contributed by atoms with Gasteiger partial charge in [-0.15, -0.1) is 6.58 Å². The Morgan fingerprint density at radius 2 is 2.00 bits per heavy atom. The fraction of sp³-hybridized carbons (Fsp3) is 0.158. The Hall–Kier alpha value is -2.98. The van der Waals surface area contributed by atoms with Gasteiger partial charge in [0, 0.05) is 49.0 Å². The van der Waals surface area contributed by atoms with Gasteiger partial charge in [0.15, 0.2) is 5.11 Å². The van der Waals surface area contributed by atoms with Gasteiger partial charge >= 0.3 is 0 Å². The van der Waals surface area contributed by atoms with E-state index in [-0.39, 0.29) is 0 Å². The first-order chi connectivity index (χ1) is 14.1. The lowest BCUT2D eigenvalue weighted by Crippen LogP contribution is -2.28. The number of benzene rings is 1. The first-order valence-corrected chi connectivity index (χ1v) is 10.1. The van der Waals surface area contributed by atoms with Crippen molar-refractivity contribution in [2.24, 2.45) is 0 Å². The fourth-order valence-corrected chi connectivity index (χ4v) is 2.93. The van der Waals surface area contributed by atoms with Gasteiger partial charge in [-0.3, -0.25) is 0 Å². The SMILES string of the molecule is C=CCNC(=S)Nc1ccc(Nc2ncc(Br)c(NCCc3cnc[nH]3)n2)cc1. The van der Waals surface area contributed by atoms with Gasteiger partial charge in [0.1, 0.15) is 5.82 Å². The van der Waals surface area contributed by atoms with E-state index in [1.54, 1.807) is 18.6 Å². The molecule has 0 saturated heterocycles. The van der Waals surface area contributed by atoms with Crippen LogP contribution < -0.4 is 21.3 Å². The van der Waals surface area contributed by atoms with Crippen molar-refractivity contribution in [2.45, 2.75) is 6.42 Å². The van der Waals surface area contributed by atoms with E-state index in [9.17, 15) is 0 Å². The molecule has 1 aromatic carbocycles. The molecule has 0 aliphatic rings. The first kappa shape index (κ1) is 20.7. The normalized spacial score (nSPS) is 10.2. The van der Waals surface area contributed by atoms with Gasteiger partial charge in [-0.05, 0) is 52.4 Å². The van der Waals surface area contributed by atoms with Crippen molar-refractivity contribution in [1.82, 2.24) is 25.3 Å². The molecule has 0 unspecified atom stereocenters. The van der Waals surface area contributed by atoms with E-state index in [2.05, 4.69) is 63.7 Å². The summed E-state index contributed by atoms with van der Waals surface area (Å²) in [4.78, 5) is 15.9. The van der Waals surface area contributed by atoms with Crippen LogP contribution in [0.25, 0.3) is 0 Å². The summed E-state index contributed by atoms with van der Waals surface area (Å²) in [5.74, 6) is 1.22. The second-order valence-corrected chi connectivity index (χ2v) is 7.23. The van der Waals surface area contributed by atoms with Crippen LogP contribution in [0.1, 0.15) is 5.69 Å². The molecule has 0 spiro atoms. The number of rotatable bonds is 9. The molecule has 0 bridgehead atoms. The number of hydrogen-bond acceptors (Lipinski definition) is 6. The molecule has 150 valence electrons. The van der Waals surface area contributed by atoms with E-state index in [0.29, 0.717) is 17.6 Å². The Morgan fingerprint density at radius 3 is 2.72 bits per heavy atom. The molecule has 0 aliphatic heterocycles. The van der Waals surface area contributed by atoms with Crippen LogP contribution in [0, 0.1) is 0 Å². The van der Waals surface area contributed by atoms with Crippen LogP contribution in [0.3, 0.4) is 0 Å². The standard InChI is InChI=1S/C19H21BrN8S/c1-2-8-23-19(29)27-14-5-3-13(4-6-14)26-18-24-11-16(20)17(28-18)22-9-7-15-10-21-12-25-15/h2-6,10-12H,1,7-9H2,(H,21,25)(H2,23,27,29)(H2,22,24,26,28). The zero-order valence-electron chi connectivity index (χ0n) is 15.6. The highest BCUT2D eigenvalue weighted by Crippen LogP contribution is 2.22. The van der Waals surface area contributed by atoms with Gasteiger partial charge in [0.05, 0.1) is 10.8 Å². The number of anilines is 4. The van der Waals surface area contributed by atoms with Crippen LogP contribution in [0.5, 0.6) is 0 Å². The van der Waals surface area contributed by atoms with E-state index < -0.39 is 0 Å². The second kappa shape index (κ2) is 10.5. The van der Waals surface area contributed by atoms with Crippen molar-refractivity contribution in [3.63, 3.8) is 0 Å². The van der Waals surface area contributed by atoms with Gasteiger partial charge in [0.2, 0.25) is 5.95 Å². The Morgan fingerprint density at radius 1 is 1.21 bits per heavy atom. The zero-order valence-corrected chi connectivity index (χ0v) is 18.0. The molecule has 3 aromatic rings. The number of aromatic nitrogens is 4. The third kappa shape index (κ3) is 6.54. The van der Waals surface area contributed by atoms with Crippen molar-refractivity contribution in [3.8, 4) is 0 Å². The molecule has 0 radical (unpaired) electrons. The van der Waals surface area contributed by atoms with E-state index in [0.717, 1.165) is 40.3 Å². The van der Waals surface area contributed by atoms with Crippen LogP contribution in [0.2, 0.25) is 0 Å². The highest BCUT2D eigenvalue weighted by atomic mass is 79.9. The smallest absolute Gasteiger partial charge is 0.229 e. The fourth-order valence-electron chi connectivity index (χ4n) is 2.39. The van der Waals surface area contributed by atoms with E-state index in [4.69, 9.17) is 12.2 Å². The minimum atomic E-state index is 0.501. The molecule has 0 amide bonds. The number of aromatic amines is 1. The topological polar surface area (TPSA) is 103 Å². The van der Waals surface area contributed by atoms with Gasteiger partial charge in [-0.2, -0.15) is 4.98 Å². The number of halogens is 1. The Kier molecular flexibility index (Phi) is 7.54. The Balaban J connectivity index is 1.56. The van der Waals surface area contributed by atoms with E-state index in [1.807, 2.05) is 30.5 Å². The number of imidazole rings is 1. The highest BCUT2D eigenvalue weighted by Gasteiger charge is 2.06. The summed E-state index contributed by atoms with van der Waals surface area (Å²) >= 11 is 8.68. The molecule has 0 atom stereocenters. The lowest BCUT2D eigenvalue weighted by Gasteiger charge is -2.11. The summed E-state index contributed by atoms with van der Waals surface area (Å²) in [6.07, 6.45) is 7.76. The average molecular weight is 473 g/mol. The lowest BCUT2D eigenvalue weighted by molar-refractivity contribution is 0.962. The molecule has 8 nitrogen and oxygen atoms in total. The monoisotopic (exact) mass is 472 g/mol. The summed E-state index contributed by atoms with van der Waals surface area (Å²) < 4.78 is 0.799. The molecule has 29 heavy (non-hydrogen) atoms. The number of thiocarbonyl (C=S) groups is 1. The van der Waals surface area contributed by atoms with E-state index >= 15 is 0 Å². The third-order valence-corrected chi connectivity index (χ3v) is 4.62. The number of H-pyrrole nitrogens is 1. The van der Waals surface area contributed by atoms with Crippen LogP contribution in [0.4, 0.5) is 23.1 Å². The molecule has 3 rings (SSSR count). The summed E-state index contributed by atoms with van der Waals surface area (Å²) in [5.41, 5.74) is 2.81. The molecule has 10 heteroatoms. The van der Waals surface area contributed by atoms with Crippen LogP contribution in [-0.2, 0) is 6.42 Å². The molecule has 2 heterocycles. The molecule has 0 saturated carbocycles. The van der Waals surface area contributed by atoms with Crippen molar-refractivity contribution in [3.05, 3.63) is 65.8 Å². The zero-order chi connectivity index (χ0) is 20.5. The van der Waals surface area contributed by atoms with Crippen molar-refractivity contribution in [1.29, 1.82) is 0 Å². The summed E-state index contributed by atoms with van der Waals surface area (Å²) in [6.45, 7) is 4.98. The number of hydrogen-bond donors (Lipinski definition) is 5. The highest BCUT2D eigenvalue weighted by molar-refractivity contribution is 9.10. The molecule has 2 aromatic heterocycles. The summed E-state index contributed by atoms with van der Waals surface area (Å²) in [5, 5.41) is 13.2. The van der Waals surface area contributed by atoms with Crippen molar-refractivity contribution in [2.75, 3.05) is 29.0 Å². The number of nitrogens with zero attached hydrogens (tertiary/aromatic N) is 3. The number of nitrogens with one attached hydrogen (secondary N) is 5. The molecular weight excluding hydrogens is 452 g/mol. The molecule has 0 aliphatic carbocycles. The molecular formula is C19H21BrN8S. The minimum absolute atomic E-state index is 0.501. The van der Waals surface area contributed by atoms with Crippen molar-refractivity contribution < 1.29 is 0 Å². The molecule has 0 fully saturated rings. The predicted molar refractivity (Wildman–Crippen MR) is 125 cm³/mol. The maximum atomic E-state index is 5.20. The lowest BCUT2D eigenvalue weighted by atomic mass is 10.3. The summed E-state index contributed by atoms with van der Waals surface area (Å²) in [7, 11) is 0. The third-order valence-electron chi connectivity index (χ3n) is 3.79. The van der Waals surface area contributed by atoms with Crippen LogP contribution in [-0.4, -0.2) is 38.1 Å². The maximum absolute atomic E-state index is 5.20. The van der Waals surface area contributed by atoms with Gasteiger partial charge in [-0.1, -0.05) is 6.08 Å². The quantitative estimate of drug-likeness (QED) is 0.236. The van der Waals surface area contributed by atoms with Gasteiger partial charge in [0.25, 0.3) is 0 Å². The second-order valence-electron chi connectivity index (χ2n) is 5.97. The first-order valence-electron chi connectivity index (χ1n) is 8.90. The Labute approximate surface area is 182 Å². The van der Waals surface area contributed by atoms with Crippen molar-refractivity contribution >= 4 is 56.4 Å². The van der Waals surface area contributed by atoms with Gasteiger partial charge in [-0.25, -0.2) is 9.97 Å². The van der Waals surface area contributed by atoms with Crippen LogP contribution in [0.15, 0.2) is 60.1 Å². The molecule has 5 N–H and O–H groups in total. The largest absolute Gasteiger partial charge is 0.369 e. The van der Waals surface area contributed by atoms with Crippen LogP contribution >= 0.6 is 28.1 Å².